The number of aryl methyl sites for hydroxylation is 1. The number of rotatable bonds is 1. The zero-order valence-electron chi connectivity index (χ0n) is 9.29. The number of alkyl halides is 3. The van der Waals surface area contributed by atoms with E-state index in [1.807, 2.05) is 0 Å². The third-order valence-corrected chi connectivity index (χ3v) is 2.49. The maximum atomic E-state index is 12.8. The highest BCUT2D eigenvalue weighted by Crippen LogP contribution is 2.35. The number of benzene rings is 1. The molecule has 0 aliphatic heterocycles. The van der Waals surface area contributed by atoms with Gasteiger partial charge in [-0.1, -0.05) is 29.8 Å². The Morgan fingerprint density at radius 3 is 2.39 bits per heavy atom. The predicted molar refractivity (Wildman–Crippen MR) is 62.2 cm³/mol. The van der Waals surface area contributed by atoms with E-state index in [0.29, 0.717) is 5.69 Å². The van der Waals surface area contributed by atoms with Gasteiger partial charge in [-0.3, -0.25) is 0 Å². The van der Waals surface area contributed by atoms with Crippen LogP contribution in [0.3, 0.4) is 0 Å². The Hall–Kier alpha value is -1.62. The van der Waals surface area contributed by atoms with Crippen molar-refractivity contribution in [1.82, 2.24) is 9.97 Å². The molecule has 2 rings (SSSR count). The van der Waals surface area contributed by atoms with Crippen LogP contribution in [-0.2, 0) is 6.18 Å². The first-order valence-corrected chi connectivity index (χ1v) is 5.43. The average Bonchev–Trinajstić information content (AvgIpc) is 2.26. The van der Waals surface area contributed by atoms with Crippen LogP contribution >= 0.6 is 11.6 Å². The average molecular weight is 273 g/mol. The molecule has 1 aromatic carbocycles. The van der Waals surface area contributed by atoms with E-state index in [1.165, 1.54) is 24.3 Å². The molecule has 2 aromatic rings. The van der Waals surface area contributed by atoms with Crippen molar-refractivity contribution in [3.63, 3.8) is 0 Å². The lowest BCUT2D eigenvalue weighted by atomic mass is 10.1. The zero-order chi connectivity index (χ0) is 13.3. The standard InChI is InChI=1S/C12H8ClF3N2/c1-7-6-10(13)18-11(17-7)8-4-2-3-5-9(8)12(14,15)16/h2-6H,1H3. The topological polar surface area (TPSA) is 25.8 Å². The number of nitrogens with zero attached hydrogens (tertiary/aromatic N) is 2. The maximum absolute atomic E-state index is 12.8. The molecule has 0 fully saturated rings. The van der Waals surface area contributed by atoms with Crippen LogP contribution in [-0.4, -0.2) is 9.97 Å². The van der Waals surface area contributed by atoms with Gasteiger partial charge in [-0.15, -0.1) is 0 Å². The molecule has 0 N–H and O–H groups in total. The summed E-state index contributed by atoms with van der Waals surface area (Å²) in [7, 11) is 0. The molecule has 0 saturated heterocycles. The van der Waals surface area contributed by atoms with E-state index in [0.717, 1.165) is 6.07 Å². The van der Waals surface area contributed by atoms with E-state index in [4.69, 9.17) is 11.6 Å². The van der Waals surface area contributed by atoms with Crippen LogP contribution < -0.4 is 0 Å². The van der Waals surface area contributed by atoms with Gasteiger partial charge in [-0.2, -0.15) is 13.2 Å². The van der Waals surface area contributed by atoms with Crippen molar-refractivity contribution >= 4 is 11.6 Å². The van der Waals surface area contributed by atoms with E-state index >= 15 is 0 Å². The molecule has 0 spiro atoms. The first kappa shape index (κ1) is 12.8. The Morgan fingerprint density at radius 2 is 1.78 bits per heavy atom. The van der Waals surface area contributed by atoms with Crippen LogP contribution in [0.1, 0.15) is 11.3 Å². The monoisotopic (exact) mass is 272 g/mol. The number of hydrogen-bond donors (Lipinski definition) is 0. The Kier molecular flexibility index (Phi) is 3.26. The minimum Gasteiger partial charge on any atom is -0.233 e. The third kappa shape index (κ3) is 2.61. The first-order valence-electron chi connectivity index (χ1n) is 5.06. The summed E-state index contributed by atoms with van der Waals surface area (Å²) < 4.78 is 38.5. The summed E-state index contributed by atoms with van der Waals surface area (Å²) >= 11 is 5.73. The number of halogens is 4. The van der Waals surface area contributed by atoms with Gasteiger partial charge < -0.3 is 0 Å². The lowest BCUT2D eigenvalue weighted by Crippen LogP contribution is -2.08. The van der Waals surface area contributed by atoms with E-state index in [-0.39, 0.29) is 16.5 Å². The van der Waals surface area contributed by atoms with Gasteiger partial charge in [0.05, 0.1) is 5.56 Å². The molecule has 1 heterocycles. The van der Waals surface area contributed by atoms with E-state index in [2.05, 4.69) is 9.97 Å². The summed E-state index contributed by atoms with van der Waals surface area (Å²) in [5.41, 5.74) is -0.329. The van der Waals surface area contributed by atoms with Gasteiger partial charge in [0.1, 0.15) is 5.15 Å². The lowest BCUT2D eigenvalue weighted by Gasteiger charge is -2.11. The molecule has 1 aromatic heterocycles. The Morgan fingerprint density at radius 1 is 1.11 bits per heavy atom. The largest absolute Gasteiger partial charge is 0.417 e. The van der Waals surface area contributed by atoms with Crippen LogP contribution in [0.5, 0.6) is 0 Å². The Bertz CT molecular complexity index is 562. The minimum atomic E-state index is -4.45. The van der Waals surface area contributed by atoms with Crippen LogP contribution in [0.25, 0.3) is 11.4 Å². The van der Waals surface area contributed by atoms with Crippen molar-refractivity contribution in [3.8, 4) is 11.4 Å². The van der Waals surface area contributed by atoms with Gasteiger partial charge in [0.25, 0.3) is 0 Å². The molecule has 0 aliphatic carbocycles. The second kappa shape index (κ2) is 4.57. The highest BCUT2D eigenvalue weighted by atomic mass is 35.5. The molecular formula is C12H8ClF3N2. The van der Waals surface area contributed by atoms with Crippen molar-refractivity contribution in [3.05, 3.63) is 46.7 Å². The van der Waals surface area contributed by atoms with Crippen LogP contribution in [0.15, 0.2) is 30.3 Å². The summed E-state index contributed by atoms with van der Waals surface area (Å²) in [5.74, 6) is -0.0204. The zero-order valence-corrected chi connectivity index (χ0v) is 10.0. The fourth-order valence-corrected chi connectivity index (χ4v) is 1.81. The fourth-order valence-electron chi connectivity index (χ4n) is 1.58. The van der Waals surface area contributed by atoms with Crippen LogP contribution in [0.4, 0.5) is 13.2 Å². The van der Waals surface area contributed by atoms with E-state index in [9.17, 15) is 13.2 Å². The molecule has 2 nitrogen and oxygen atoms in total. The summed E-state index contributed by atoms with van der Waals surface area (Å²) in [4.78, 5) is 7.82. The SMILES string of the molecule is Cc1cc(Cl)nc(-c2ccccc2C(F)(F)F)n1. The Balaban J connectivity index is 2.64. The highest BCUT2D eigenvalue weighted by molar-refractivity contribution is 6.29. The van der Waals surface area contributed by atoms with Crippen LogP contribution in [0.2, 0.25) is 5.15 Å². The molecule has 0 unspecified atom stereocenters. The fraction of sp³-hybridized carbons (Fsp3) is 0.167. The van der Waals surface area contributed by atoms with Gasteiger partial charge in [0.15, 0.2) is 5.82 Å². The van der Waals surface area contributed by atoms with Crippen molar-refractivity contribution in [2.45, 2.75) is 13.1 Å². The molecule has 6 heteroatoms. The van der Waals surface area contributed by atoms with Gasteiger partial charge >= 0.3 is 6.18 Å². The molecule has 0 amide bonds. The van der Waals surface area contributed by atoms with Gasteiger partial charge in [0, 0.05) is 11.3 Å². The molecular weight excluding hydrogens is 265 g/mol. The van der Waals surface area contributed by atoms with Gasteiger partial charge in [-0.05, 0) is 19.1 Å². The lowest BCUT2D eigenvalue weighted by molar-refractivity contribution is -0.137. The smallest absolute Gasteiger partial charge is 0.233 e. The normalized spacial score (nSPS) is 11.6. The minimum absolute atomic E-state index is 0.0204. The molecule has 18 heavy (non-hydrogen) atoms. The molecule has 0 saturated carbocycles. The summed E-state index contributed by atoms with van der Waals surface area (Å²) in [6.45, 7) is 1.65. The quantitative estimate of drug-likeness (QED) is 0.730. The van der Waals surface area contributed by atoms with E-state index in [1.54, 1.807) is 6.92 Å². The number of hydrogen-bond acceptors (Lipinski definition) is 2. The van der Waals surface area contributed by atoms with Gasteiger partial charge in [0.2, 0.25) is 0 Å². The van der Waals surface area contributed by atoms with Crippen molar-refractivity contribution < 1.29 is 13.2 Å². The Labute approximate surface area is 106 Å². The molecule has 0 bridgehead atoms. The van der Waals surface area contributed by atoms with Crippen molar-refractivity contribution in [2.75, 3.05) is 0 Å². The predicted octanol–water partition coefficient (Wildman–Crippen LogP) is 4.12. The molecule has 0 aliphatic rings. The maximum Gasteiger partial charge on any atom is 0.417 e. The number of aromatic nitrogens is 2. The second-order valence-electron chi connectivity index (χ2n) is 3.70. The van der Waals surface area contributed by atoms with Gasteiger partial charge in [-0.25, -0.2) is 9.97 Å². The van der Waals surface area contributed by atoms with Crippen LogP contribution in [0, 0.1) is 6.92 Å². The molecule has 94 valence electrons. The molecule has 0 atom stereocenters. The summed E-state index contributed by atoms with van der Waals surface area (Å²) in [6.07, 6.45) is -4.45. The second-order valence-corrected chi connectivity index (χ2v) is 4.09. The summed E-state index contributed by atoms with van der Waals surface area (Å²) in [5, 5.41) is 0.120. The van der Waals surface area contributed by atoms with Crippen molar-refractivity contribution in [2.24, 2.45) is 0 Å². The highest BCUT2D eigenvalue weighted by Gasteiger charge is 2.34. The third-order valence-electron chi connectivity index (χ3n) is 2.30. The first-order chi connectivity index (χ1) is 8.38. The van der Waals surface area contributed by atoms with Crippen molar-refractivity contribution in [1.29, 1.82) is 0 Å². The summed E-state index contributed by atoms with van der Waals surface area (Å²) in [6, 6.07) is 6.64. The van der Waals surface area contributed by atoms with E-state index < -0.39 is 11.7 Å². The molecule has 0 radical (unpaired) electrons.